The largest absolute Gasteiger partial charge is 0.490 e. The molecule has 1 aromatic heterocycles. The zero-order valence-electron chi connectivity index (χ0n) is 7.12. The van der Waals surface area contributed by atoms with Crippen LogP contribution in [0, 0.1) is 5.92 Å². The number of hydrogen-bond donors (Lipinski definition) is 2. The molecule has 0 saturated carbocycles. The molecule has 13 heavy (non-hydrogen) atoms. The summed E-state index contributed by atoms with van der Waals surface area (Å²) in [4.78, 5) is 16.6. The molecule has 2 heterocycles. The van der Waals surface area contributed by atoms with E-state index in [0.29, 0.717) is 18.3 Å². The van der Waals surface area contributed by atoms with E-state index in [1.165, 1.54) is 12.4 Å². The first-order chi connectivity index (χ1) is 6.34. The van der Waals surface area contributed by atoms with Crippen molar-refractivity contribution in [1.29, 1.82) is 0 Å². The molecule has 5 heteroatoms. The number of ether oxygens (including phenoxy) is 1. The fraction of sp³-hybridized carbons (Fsp3) is 0.500. The van der Waals surface area contributed by atoms with Crippen molar-refractivity contribution in [2.24, 2.45) is 5.92 Å². The van der Waals surface area contributed by atoms with Crippen molar-refractivity contribution in [2.75, 3.05) is 19.7 Å². The van der Waals surface area contributed by atoms with Crippen molar-refractivity contribution in [3.8, 4) is 5.75 Å². The Morgan fingerprint density at radius 3 is 3.00 bits per heavy atom. The molecule has 1 aliphatic rings. The van der Waals surface area contributed by atoms with Gasteiger partial charge in [-0.15, -0.1) is 0 Å². The minimum Gasteiger partial charge on any atom is -0.490 e. The quantitative estimate of drug-likeness (QED) is 0.651. The van der Waals surface area contributed by atoms with Crippen molar-refractivity contribution in [2.45, 2.75) is 0 Å². The second kappa shape index (κ2) is 3.57. The molecule has 0 amide bonds. The number of aromatic nitrogens is 2. The van der Waals surface area contributed by atoms with Crippen molar-refractivity contribution >= 4 is 0 Å². The van der Waals surface area contributed by atoms with Crippen LogP contribution in [0.4, 0.5) is 0 Å². The molecule has 70 valence electrons. The van der Waals surface area contributed by atoms with E-state index in [4.69, 9.17) is 4.74 Å². The van der Waals surface area contributed by atoms with Gasteiger partial charge in [0.2, 0.25) is 0 Å². The Kier molecular flexibility index (Phi) is 2.27. The number of rotatable bonds is 3. The van der Waals surface area contributed by atoms with Crippen LogP contribution in [0.5, 0.6) is 5.75 Å². The van der Waals surface area contributed by atoms with E-state index in [-0.39, 0.29) is 5.69 Å². The highest BCUT2D eigenvalue weighted by Gasteiger charge is 2.16. The maximum atomic E-state index is 10.6. The molecule has 0 atom stereocenters. The summed E-state index contributed by atoms with van der Waals surface area (Å²) in [5.41, 5.74) is -0.349. The molecule has 0 aliphatic carbocycles. The summed E-state index contributed by atoms with van der Waals surface area (Å²) in [7, 11) is 0. The second-order valence-corrected chi connectivity index (χ2v) is 3.09. The fourth-order valence-electron chi connectivity index (χ4n) is 1.09. The van der Waals surface area contributed by atoms with Gasteiger partial charge in [0.25, 0.3) is 0 Å². The molecule has 0 aromatic carbocycles. The summed E-state index contributed by atoms with van der Waals surface area (Å²) in [6.07, 6.45) is 2.96. The average Bonchev–Trinajstić information content (AvgIpc) is 2.05. The Bertz CT molecular complexity index is 312. The van der Waals surface area contributed by atoms with Gasteiger partial charge < -0.3 is 15.0 Å². The maximum absolute atomic E-state index is 10.6. The lowest BCUT2D eigenvalue weighted by Crippen LogP contribution is -2.45. The SMILES string of the molecule is O=c1ncc(OCC2CNC2)c[nH]1. The maximum Gasteiger partial charge on any atom is 0.345 e. The van der Waals surface area contributed by atoms with Gasteiger partial charge in [-0.05, 0) is 0 Å². The number of aromatic amines is 1. The van der Waals surface area contributed by atoms with Gasteiger partial charge in [0.1, 0.15) is 0 Å². The lowest BCUT2D eigenvalue weighted by Gasteiger charge is -2.26. The van der Waals surface area contributed by atoms with Gasteiger partial charge in [0.15, 0.2) is 5.75 Å². The minimum atomic E-state index is -0.349. The zero-order valence-corrected chi connectivity index (χ0v) is 7.12. The van der Waals surface area contributed by atoms with E-state index in [2.05, 4.69) is 15.3 Å². The summed E-state index contributed by atoms with van der Waals surface area (Å²) in [6, 6.07) is 0. The molecule has 1 saturated heterocycles. The Morgan fingerprint density at radius 2 is 2.46 bits per heavy atom. The fourth-order valence-corrected chi connectivity index (χ4v) is 1.09. The predicted octanol–water partition coefficient (Wildman–Crippen LogP) is -0.632. The summed E-state index contributed by atoms with van der Waals surface area (Å²) in [5.74, 6) is 1.21. The Labute approximate surface area is 75.1 Å². The highest BCUT2D eigenvalue weighted by Crippen LogP contribution is 2.08. The smallest absolute Gasteiger partial charge is 0.345 e. The molecule has 1 fully saturated rings. The minimum absolute atomic E-state index is 0.349. The average molecular weight is 181 g/mol. The first-order valence-electron chi connectivity index (χ1n) is 4.23. The molecule has 2 rings (SSSR count). The van der Waals surface area contributed by atoms with Gasteiger partial charge >= 0.3 is 5.69 Å². The third-order valence-corrected chi connectivity index (χ3v) is 2.00. The van der Waals surface area contributed by atoms with Crippen LogP contribution in [-0.2, 0) is 0 Å². The van der Waals surface area contributed by atoms with Crippen LogP contribution in [0.3, 0.4) is 0 Å². The van der Waals surface area contributed by atoms with Crippen LogP contribution < -0.4 is 15.7 Å². The number of H-pyrrole nitrogens is 1. The van der Waals surface area contributed by atoms with Crippen LogP contribution in [0.15, 0.2) is 17.2 Å². The van der Waals surface area contributed by atoms with E-state index in [9.17, 15) is 4.79 Å². The van der Waals surface area contributed by atoms with E-state index in [0.717, 1.165) is 13.1 Å². The van der Waals surface area contributed by atoms with Gasteiger partial charge in [-0.1, -0.05) is 0 Å². The predicted molar refractivity (Wildman–Crippen MR) is 46.7 cm³/mol. The molecule has 1 aromatic rings. The van der Waals surface area contributed by atoms with E-state index in [1.54, 1.807) is 0 Å². The van der Waals surface area contributed by atoms with Crippen molar-refractivity contribution in [3.63, 3.8) is 0 Å². The van der Waals surface area contributed by atoms with E-state index >= 15 is 0 Å². The van der Waals surface area contributed by atoms with Crippen LogP contribution in [0.2, 0.25) is 0 Å². The third-order valence-electron chi connectivity index (χ3n) is 2.00. The topological polar surface area (TPSA) is 67.0 Å². The number of nitrogens with one attached hydrogen (secondary N) is 2. The monoisotopic (exact) mass is 181 g/mol. The molecule has 0 radical (unpaired) electrons. The van der Waals surface area contributed by atoms with Crippen LogP contribution in [-0.4, -0.2) is 29.7 Å². The standard InChI is InChI=1S/C8H11N3O2/c12-8-10-3-7(4-11-8)13-5-6-1-9-2-6/h3-4,6,9H,1-2,5H2,(H,10,11,12). The number of hydrogen-bond acceptors (Lipinski definition) is 4. The van der Waals surface area contributed by atoms with Gasteiger partial charge in [0.05, 0.1) is 12.8 Å². The molecule has 0 unspecified atom stereocenters. The van der Waals surface area contributed by atoms with Gasteiger partial charge in [-0.2, -0.15) is 4.98 Å². The lowest BCUT2D eigenvalue weighted by atomic mass is 10.1. The zero-order chi connectivity index (χ0) is 9.10. The highest BCUT2D eigenvalue weighted by molar-refractivity contribution is 5.10. The van der Waals surface area contributed by atoms with E-state index in [1.807, 2.05) is 0 Å². The molecule has 5 nitrogen and oxygen atoms in total. The Balaban J connectivity index is 1.86. The molecular weight excluding hydrogens is 170 g/mol. The third kappa shape index (κ3) is 2.06. The summed E-state index contributed by atoms with van der Waals surface area (Å²) < 4.78 is 5.39. The van der Waals surface area contributed by atoms with Crippen molar-refractivity contribution in [3.05, 3.63) is 22.9 Å². The van der Waals surface area contributed by atoms with Gasteiger partial charge in [0, 0.05) is 25.2 Å². The molecule has 0 bridgehead atoms. The van der Waals surface area contributed by atoms with Crippen molar-refractivity contribution in [1.82, 2.24) is 15.3 Å². The summed E-state index contributed by atoms with van der Waals surface area (Å²) in [5, 5.41) is 3.15. The normalized spacial score (nSPS) is 16.6. The summed E-state index contributed by atoms with van der Waals surface area (Å²) in [6.45, 7) is 2.70. The van der Waals surface area contributed by atoms with Gasteiger partial charge in [-0.25, -0.2) is 4.79 Å². The summed E-state index contributed by atoms with van der Waals surface area (Å²) >= 11 is 0. The highest BCUT2D eigenvalue weighted by atomic mass is 16.5. The van der Waals surface area contributed by atoms with Crippen molar-refractivity contribution < 1.29 is 4.74 Å². The van der Waals surface area contributed by atoms with Crippen LogP contribution >= 0.6 is 0 Å². The lowest BCUT2D eigenvalue weighted by molar-refractivity contribution is 0.198. The second-order valence-electron chi connectivity index (χ2n) is 3.09. The molecule has 2 N–H and O–H groups in total. The first-order valence-corrected chi connectivity index (χ1v) is 4.23. The molecule has 1 aliphatic heterocycles. The number of nitrogens with zero attached hydrogens (tertiary/aromatic N) is 1. The van der Waals surface area contributed by atoms with Crippen LogP contribution in [0.1, 0.15) is 0 Å². The Morgan fingerprint density at radius 1 is 1.62 bits per heavy atom. The first kappa shape index (κ1) is 8.25. The van der Waals surface area contributed by atoms with Gasteiger partial charge in [-0.3, -0.25) is 0 Å². The Hall–Kier alpha value is -1.36. The van der Waals surface area contributed by atoms with Crippen LogP contribution in [0.25, 0.3) is 0 Å². The molecule has 0 spiro atoms. The van der Waals surface area contributed by atoms with E-state index < -0.39 is 0 Å². The molecular formula is C8H11N3O2.